The predicted molar refractivity (Wildman–Crippen MR) is 119 cm³/mol. The number of carbonyl (C=O) groups is 2. The SMILES string of the molecule is CCNC(=NCC1CCCN1C)NCCN1C(=O)C2C3C=CC(C3)C2C1=O.I. The average Bonchev–Trinajstić information content (AvgIpc) is 3.41. The van der Waals surface area contributed by atoms with E-state index in [1.54, 1.807) is 0 Å². The maximum atomic E-state index is 12.7. The van der Waals surface area contributed by atoms with Crippen LogP contribution in [0.3, 0.4) is 0 Å². The van der Waals surface area contributed by atoms with Gasteiger partial charge in [0, 0.05) is 25.7 Å². The lowest BCUT2D eigenvalue weighted by Gasteiger charge is -2.20. The van der Waals surface area contributed by atoms with E-state index >= 15 is 0 Å². The smallest absolute Gasteiger partial charge is 0.233 e. The van der Waals surface area contributed by atoms with Crippen LogP contribution in [0.25, 0.3) is 0 Å². The summed E-state index contributed by atoms with van der Waals surface area (Å²) in [7, 11) is 2.15. The van der Waals surface area contributed by atoms with Crippen LogP contribution >= 0.6 is 24.0 Å². The first kappa shape index (κ1) is 21.5. The Kier molecular flexibility index (Phi) is 7.01. The number of likely N-dealkylation sites (tertiary alicyclic amines) is 2. The number of fused-ring (bicyclic) bond motifs is 5. The largest absolute Gasteiger partial charge is 0.357 e. The third kappa shape index (κ3) is 3.94. The molecule has 28 heavy (non-hydrogen) atoms. The lowest BCUT2D eigenvalue weighted by Crippen LogP contribution is -2.44. The van der Waals surface area contributed by atoms with Gasteiger partial charge in [0.05, 0.1) is 18.4 Å². The normalized spacial score (nSPS) is 34.1. The molecule has 8 heteroatoms. The van der Waals surface area contributed by atoms with Crippen LogP contribution in [0.1, 0.15) is 26.2 Å². The summed E-state index contributed by atoms with van der Waals surface area (Å²) >= 11 is 0. The van der Waals surface area contributed by atoms with E-state index in [0.29, 0.717) is 19.1 Å². The van der Waals surface area contributed by atoms with Crippen molar-refractivity contribution in [2.24, 2.45) is 28.7 Å². The van der Waals surface area contributed by atoms with Gasteiger partial charge < -0.3 is 15.5 Å². The number of imide groups is 1. The Morgan fingerprint density at radius 3 is 2.43 bits per heavy atom. The molecule has 4 aliphatic rings. The summed E-state index contributed by atoms with van der Waals surface area (Å²) in [6, 6.07) is 0.504. The Balaban J connectivity index is 0.00000225. The number of halogens is 1. The third-order valence-corrected chi connectivity index (χ3v) is 6.67. The predicted octanol–water partition coefficient (Wildman–Crippen LogP) is 1.06. The molecule has 1 saturated carbocycles. The molecule has 2 aliphatic carbocycles. The van der Waals surface area contributed by atoms with Crippen LogP contribution in [0.4, 0.5) is 0 Å². The minimum Gasteiger partial charge on any atom is -0.357 e. The van der Waals surface area contributed by atoms with Crippen molar-refractivity contribution in [3.63, 3.8) is 0 Å². The number of hydrogen-bond acceptors (Lipinski definition) is 4. The standard InChI is InChI=1S/C20H31N5O2.HI/c1-3-21-20(23-12-15-5-4-9-24(15)2)22-8-10-25-18(26)16-13-6-7-14(11-13)17(16)19(25)27;/h6-7,13-17H,3-5,8-12H2,1-2H3,(H2,21,22,23);1H. The van der Waals surface area contributed by atoms with Crippen molar-refractivity contribution in [2.75, 3.05) is 39.8 Å². The zero-order valence-corrected chi connectivity index (χ0v) is 19.1. The summed E-state index contributed by atoms with van der Waals surface area (Å²) < 4.78 is 0. The zero-order chi connectivity index (χ0) is 19.0. The van der Waals surface area contributed by atoms with Gasteiger partial charge in [-0.3, -0.25) is 19.5 Å². The molecule has 2 saturated heterocycles. The third-order valence-electron chi connectivity index (χ3n) is 6.67. The van der Waals surface area contributed by atoms with E-state index in [4.69, 9.17) is 4.99 Å². The van der Waals surface area contributed by atoms with E-state index in [0.717, 1.165) is 32.0 Å². The van der Waals surface area contributed by atoms with Crippen molar-refractivity contribution >= 4 is 41.8 Å². The molecule has 0 aromatic carbocycles. The summed E-state index contributed by atoms with van der Waals surface area (Å²) in [5.41, 5.74) is 0. The summed E-state index contributed by atoms with van der Waals surface area (Å²) in [5, 5.41) is 6.55. The van der Waals surface area contributed by atoms with E-state index in [9.17, 15) is 9.59 Å². The van der Waals surface area contributed by atoms with E-state index in [2.05, 4.69) is 34.7 Å². The molecule has 2 heterocycles. The first-order valence-corrected chi connectivity index (χ1v) is 10.4. The molecule has 3 fully saturated rings. The first-order chi connectivity index (χ1) is 13.1. The molecule has 0 radical (unpaired) electrons. The molecule has 0 aromatic rings. The highest BCUT2D eigenvalue weighted by Gasteiger charge is 2.58. The molecule has 0 aromatic heterocycles. The number of allylic oxidation sites excluding steroid dienone is 2. The van der Waals surface area contributed by atoms with Gasteiger partial charge in [-0.1, -0.05) is 12.2 Å². The minimum atomic E-state index is -0.104. The summed E-state index contributed by atoms with van der Waals surface area (Å²) in [6.07, 6.45) is 7.67. The van der Waals surface area contributed by atoms with Crippen molar-refractivity contribution in [1.29, 1.82) is 0 Å². The fourth-order valence-corrected chi connectivity index (χ4v) is 5.22. The Morgan fingerprint density at radius 1 is 1.18 bits per heavy atom. The molecule has 2 amide bonds. The monoisotopic (exact) mass is 501 g/mol. The van der Waals surface area contributed by atoms with Gasteiger partial charge in [0.2, 0.25) is 11.8 Å². The first-order valence-electron chi connectivity index (χ1n) is 10.4. The van der Waals surface area contributed by atoms with Gasteiger partial charge >= 0.3 is 0 Å². The van der Waals surface area contributed by atoms with Crippen LogP contribution in [0.15, 0.2) is 17.1 Å². The minimum absolute atomic E-state index is 0. The molecule has 156 valence electrons. The highest BCUT2D eigenvalue weighted by molar-refractivity contribution is 14.0. The van der Waals surface area contributed by atoms with Crippen LogP contribution in [0.5, 0.6) is 0 Å². The Bertz CT molecular complexity index is 637. The van der Waals surface area contributed by atoms with Gasteiger partial charge in [-0.15, -0.1) is 24.0 Å². The second-order valence-electron chi connectivity index (χ2n) is 8.25. The number of rotatable bonds is 6. The van der Waals surface area contributed by atoms with E-state index < -0.39 is 0 Å². The van der Waals surface area contributed by atoms with Crippen LogP contribution in [-0.4, -0.2) is 73.4 Å². The maximum Gasteiger partial charge on any atom is 0.233 e. The van der Waals surface area contributed by atoms with Gasteiger partial charge in [-0.25, -0.2) is 0 Å². The Hall–Kier alpha value is -1.16. The van der Waals surface area contributed by atoms with Crippen molar-refractivity contribution in [3.05, 3.63) is 12.2 Å². The number of aliphatic imine (C=N–C) groups is 1. The number of nitrogens with one attached hydrogen (secondary N) is 2. The number of carbonyl (C=O) groups excluding carboxylic acids is 2. The summed E-state index contributed by atoms with van der Waals surface area (Å²) in [5.74, 6) is 1.16. The molecule has 2 N–H and O–H groups in total. The number of guanidine groups is 1. The fourth-order valence-electron chi connectivity index (χ4n) is 5.22. The molecule has 2 aliphatic heterocycles. The highest BCUT2D eigenvalue weighted by atomic mass is 127. The van der Waals surface area contributed by atoms with Crippen molar-refractivity contribution in [2.45, 2.75) is 32.2 Å². The van der Waals surface area contributed by atoms with Gasteiger partial charge in [-0.2, -0.15) is 0 Å². The van der Waals surface area contributed by atoms with Gasteiger partial charge in [0.25, 0.3) is 0 Å². The molecule has 4 rings (SSSR count). The average molecular weight is 501 g/mol. The lowest BCUT2D eigenvalue weighted by molar-refractivity contribution is -0.140. The number of nitrogens with zero attached hydrogens (tertiary/aromatic N) is 3. The van der Waals surface area contributed by atoms with Crippen LogP contribution in [0, 0.1) is 23.7 Å². The van der Waals surface area contributed by atoms with E-state index in [1.165, 1.54) is 17.7 Å². The fraction of sp³-hybridized carbons (Fsp3) is 0.750. The maximum absolute atomic E-state index is 12.7. The molecule has 5 atom stereocenters. The topological polar surface area (TPSA) is 77.0 Å². The van der Waals surface area contributed by atoms with E-state index in [-0.39, 0.29) is 59.5 Å². The second kappa shape index (κ2) is 9.11. The molecular weight excluding hydrogens is 469 g/mol. The van der Waals surface area contributed by atoms with Gasteiger partial charge in [0.15, 0.2) is 5.96 Å². The number of likely N-dealkylation sites (N-methyl/N-ethyl adjacent to an activating group) is 1. The molecule has 7 nitrogen and oxygen atoms in total. The van der Waals surface area contributed by atoms with Gasteiger partial charge in [0.1, 0.15) is 0 Å². The second-order valence-corrected chi connectivity index (χ2v) is 8.25. The molecule has 2 bridgehead atoms. The van der Waals surface area contributed by atoms with Crippen molar-refractivity contribution < 1.29 is 9.59 Å². The molecule has 5 unspecified atom stereocenters. The van der Waals surface area contributed by atoms with Crippen LogP contribution in [-0.2, 0) is 9.59 Å². The zero-order valence-electron chi connectivity index (χ0n) is 16.8. The van der Waals surface area contributed by atoms with Crippen LogP contribution < -0.4 is 10.6 Å². The number of amides is 2. The highest BCUT2D eigenvalue weighted by Crippen LogP contribution is 2.52. The van der Waals surface area contributed by atoms with Crippen molar-refractivity contribution in [3.8, 4) is 0 Å². The lowest BCUT2D eigenvalue weighted by atomic mass is 9.85. The van der Waals surface area contributed by atoms with Crippen LogP contribution in [0.2, 0.25) is 0 Å². The molecule has 0 spiro atoms. The quantitative estimate of drug-likeness (QED) is 0.187. The van der Waals surface area contributed by atoms with E-state index in [1.807, 2.05) is 6.92 Å². The summed E-state index contributed by atoms with van der Waals surface area (Å²) in [4.78, 5) is 34.0. The van der Waals surface area contributed by atoms with Gasteiger partial charge in [-0.05, 0) is 51.6 Å². The molecular formula is C20H32IN5O2. The number of hydrogen-bond donors (Lipinski definition) is 2. The Morgan fingerprint density at radius 2 is 1.86 bits per heavy atom. The Labute approximate surface area is 184 Å². The summed E-state index contributed by atoms with van der Waals surface area (Å²) in [6.45, 7) is 5.68. The van der Waals surface area contributed by atoms with Crippen molar-refractivity contribution in [1.82, 2.24) is 20.4 Å².